The monoisotopic (exact) mass is 698 g/mol. The Bertz CT molecular complexity index is 1790. The highest BCUT2D eigenvalue weighted by Crippen LogP contribution is 2.37. The van der Waals surface area contributed by atoms with Gasteiger partial charge in [0.25, 0.3) is 0 Å². The van der Waals surface area contributed by atoms with Crippen LogP contribution < -0.4 is 14.2 Å². The van der Waals surface area contributed by atoms with Crippen LogP contribution in [0.1, 0.15) is 107 Å². The third-order valence-electron chi connectivity index (χ3n) is 8.75. The molecule has 8 heteroatoms. The van der Waals surface area contributed by atoms with Crippen molar-refractivity contribution in [1.82, 2.24) is 0 Å². The van der Waals surface area contributed by atoms with Gasteiger partial charge in [0.1, 0.15) is 33.3 Å². The third-order valence-corrected chi connectivity index (χ3v) is 9.88. The second-order valence-corrected chi connectivity index (χ2v) is 13.9. The lowest BCUT2D eigenvalue weighted by Gasteiger charge is -2.12. The smallest absolute Gasteiger partial charge is 0.353 e. The molecule has 0 unspecified atom stereocenters. The van der Waals surface area contributed by atoms with Gasteiger partial charge in [0, 0.05) is 24.1 Å². The molecular formula is C42H50O7S. The van der Waals surface area contributed by atoms with E-state index in [0.717, 1.165) is 65.7 Å². The molecule has 3 aromatic carbocycles. The maximum atomic E-state index is 13.0. The molecule has 0 amide bonds. The van der Waals surface area contributed by atoms with E-state index in [9.17, 15) is 9.59 Å². The van der Waals surface area contributed by atoms with Gasteiger partial charge in [0.05, 0.1) is 11.3 Å². The molecule has 0 N–H and O–H groups in total. The second kappa shape index (κ2) is 19.3. The number of hydrogen-bond acceptors (Lipinski definition) is 8. The number of furan rings is 1. The standard InChI is InChI=1S/C42H50O7S/c1-4-6-8-10-11-12-13-15-27-46-33-20-16-31(17-21-33)32-18-22-34(23-19-32)47-42(44)39-29-38-40(50-39)36-25-24-35(28-37(36)49-38)48-41(43)30(3)45-26-14-9-7-5-2/h16-25,28-30H,4-15,26-27H2,1-3H3/t30-/m0/s1. The normalized spacial score (nSPS) is 12.0. The summed E-state index contributed by atoms with van der Waals surface area (Å²) in [7, 11) is 0. The van der Waals surface area contributed by atoms with Crippen LogP contribution in [0, 0.1) is 0 Å². The molecule has 0 spiro atoms. The minimum absolute atomic E-state index is 0.381. The van der Waals surface area contributed by atoms with E-state index in [0.29, 0.717) is 34.1 Å². The van der Waals surface area contributed by atoms with Gasteiger partial charge in [-0.15, -0.1) is 11.3 Å². The number of hydrogen-bond donors (Lipinski definition) is 0. The van der Waals surface area contributed by atoms with E-state index < -0.39 is 18.0 Å². The van der Waals surface area contributed by atoms with E-state index in [1.165, 1.54) is 56.3 Å². The SMILES string of the molecule is CCCCCCCCCCOc1ccc(-c2ccc(OC(=O)c3cc4oc5cc(OC(=O)[C@H](C)OCCCCCC)ccc5c4s3)cc2)cc1. The molecule has 0 radical (unpaired) electrons. The van der Waals surface area contributed by atoms with Crippen molar-refractivity contribution in [3.05, 3.63) is 77.7 Å². The van der Waals surface area contributed by atoms with Crippen molar-refractivity contribution >= 4 is 44.5 Å². The first kappa shape index (κ1) is 37.1. The highest BCUT2D eigenvalue weighted by Gasteiger charge is 2.20. The Morgan fingerprint density at radius 2 is 1.22 bits per heavy atom. The van der Waals surface area contributed by atoms with Crippen LogP contribution >= 0.6 is 11.3 Å². The molecule has 0 fully saturated rings. The van der Waals surface area contributed by atoms with Crippen molar-refractivity contribution < 1.29 is 33.0 Å². The van der Waals surface area contributed by atoms with Crippen molar-refractivity contribution in [2.24, 2.45) is 0 Å². The van der Waals surface area contributed by atoms with E-state index >= 15 is 0 Å². The minimum Gasteiger partial charge on any atom is -0.494 e. The molecule has 0 saturated carbocycles. The predicted molar refractivity (Wildman–Crippen MR) is 202 cm³/mol. The van der Waals surface area contributed by atoms with Gasteiger partial charge in [0.15, 0.2) is 6.10 Å². The number of carbonyl (C=O) groups is 2. The number of ether oxygens (including phenoxy) is 4. The number of fused-ring (bicyclic) bond motifs is 3. The molecule has 0 saturated heterocycles. The van der Waals surface area contributed by atoms with Gasteiger partial charge >= 0.3 is 11.9 Å². The van der Waals surface area contributed by atoms with E-state index in [1.807, 2.05) is 42.5 Å². The van der Waals surface area contributed by atoms with E-state index in [4.69, 9.17) is 23.4 Å². The van der Waals surface area contributed by atoms with Crippen molar-refractivity contribution in [2.75, 3.05) is 13.2 Å². The van der Waals surface area contributed by atoms with Crippen LogP contribution in [-0.2, 0) is 9.53 Å². The van der Waals surface area contributed by atoms with Gasteiger partial charge in [0.2, 0.25) is 0 Å². The topological polar surface area (TPSA) is 84.2 Å². The van der Waals surface area contributed by atoms with Crippen molar-refractivity contribution in [3.8, 4) is 28.4 Å². The van der Waals surface area contributed by atoms with Crippen molar-refractivity contribution in [1.29, 1.82) is 0 Å². The molecule has 0 aliphatic rings. The number of rotatable bonds is 21. The molecule has 5 aromatic rings. The van der Waals surface area contributed by atoms with Crippen molar-refractivity contribution in [2.45, 2.75) is 104 Å². The maximum Gasteiger partial charge on any atom is 0.353 e. The molecular weight excluding hydrogens is 649 g/mol. The summed E-state index contributed by atoms with van der Waals surface area (Å²) in [5.41, 5.74) is 3.23. The molecule has 0 aliphatic heterocycles. The lowest BCUT2D eigenvalue weighted by Crippen LogP contribution is -2.26. The average Bonchev–Trinajstić information content (AvgIpc) is 3.69. The van der Waals surface area contributed by atoms with Gasteiger partial charge in [-0.3, -0.25) is 0 Å². The number of carbonyl (C=O) groups excluding carboxylic acids is 2. The van der Waals surface area contributed by atoms with Gasteiger partial charge in [-0.2, -0.15) is 0 Å². The Balaban J connectivity index is 1.09. The van der Waals surface area contributed by atoms with Crippen LogP contribution in [0.5, 0.6) is 17.2 Å². The van der Waals surface area contributed by atoms with E-state index in [-0.39, 0.29) is 0 Å². The fourth-order valence-corrected chi connectivity index (χ4v) is 6.78. The van der Waals surface area contributed by atoms with Crippen LogP contribution in [-0.4, -0.2) is 31.3 Å². The minimum atomic E-state index is -0.655. The first-order valence-electron chi connectivity index (χ1n) is 18.3. The Morgan fingerprint density at radius 1 is 0.640 bits per heavy atom. The summed E-state index contributed by atoms with van der Waals surface area (Å²) in [6, 6.07) is 22.5. The number of benzene rings is 3. The highest BCUT2D eigenvalue weighted by atomic mass is 32.1. The van der Waals surface area contributed by atoms with Crippen LogP contribution in [0.2, 0.25) is 0 Å². The Kier molecular flexibility index (Phi) is 14.3. The summed E-state index contributed by atoms with van der Waals surface area (Å²) in [6.45, 7) is 7.38. The Morgan fingerprint density at radius 3 is 1.90 bits per heavy atom. The fourth-order valence-electron chi connectivity index (χ4n) is 5.79. The summed E-state index contributed by atoms with van der Waals surface area (Å²) in [5, 5.41) is 0.831. The summed E-state index contributed by atoms with van der Waals surface area (Å²) >= 11 is 1.31. The molecule has 0 aliphatic carbocycles. The molecule has 7 nitrogen and oxygen atoms in total. The molecule has 50 heavy (non-hydrogen) atoms. The van der Waals surface area contributed by atoms with Gasteiger partial charge in [-0.1, -0.05) is 102 Å². The summed E-state index contributed by atoms with van der Waals surface area (Å²) in [4.78, 5) is 26.0. The quantitative estimate of drug-likeness (QED) is 0.0428. The number of unbranched alkanes of at least 4 members (excludes halogenated alkanes) is 10. The molecule has 2 heterocycles. The molecule has 266 valence electrons. The predicted octanol–water partition coefficient (Wildman–Crippen LogP) is 11.9. The zero-order valence-corrected chi connectivity index (χ0v) is 30.5. The molecule has 5 rings (SSSR count). The Hall–Kier alpha value is -4.14. The van der Waals surface area contributed by atoms with Gasteiger partial charge in [-0.25, -0.2) is 9.59 Å². The van der Waals surface area contributed by atoms with Crippen LogP contribution in [0.25, 0.3) is 32.4 Å². The van der Waals surface area contributed by atoms with Gasteiger partial charge < -0.3 is 23.4 Å². The zero-order chi connectivity index (χ0) is 35.1. The average molecular weight is 699 g/mol. The number of esters is 2. The fraction of sp³-hybridized carbons (Fsp3) is 0.429. The summed E-state index contributed by atoms with van der Waals surface area (Å²) < 4.78 is 29.7. The third kappa shape index (κ3) is 10.7. The molecule has 0 bridgehead atoms. The molecule has 2 aromatic heterocycles. The van der Waals surface area contributed by atoms with Gasteiger partial charge in [-0.05, 0) is 67.3 Å². The summed E-state index contributed by atoms with van der Waals surface area (Å²) in [6.07, 6.45) is 13.9. The maximum absolute atomic E-state index is 13.0. The molecule has 1 atom stereocenters. The zero-order valence-electron chi connectivity index (χ0n) is 29.7. The first-order chi connectivity index (χ1) is 24.4. The highest BCUT2D eigenvalue weighted by molar-refractivity contribution is 7.21. The Labute approximate surface area is 299 Å². The number of thiophene rings is 1. The van der Waals surface area contributed by atoms with Crippen LogP contribution in [0.15, 0.2) is 77.2 Å². The summed E-state index contributed by atoms with van der Waals surface area (Å²) in [5.74, 6) is 0.827. The van der Waals surface area contributed by atoms with Crippen LogP contribution in [0.3, 0.4) is 0 Å². The van der Waals surface area contributed by atoms with E-state index in [1.54, 1.807) is 37.3 Å². The lowest BCUT2D eigenvalue weighted by molar-refractivity contribution is -0.146. The van der Waals surface area contributed by atoms with E-state index in [2.05, 4.69) is 13.8 Å². The van der Waals surface area contributed by atoms with Crippen molar-refractivity contribution in [3.63, 3.8) is 0 Å². The second-order valence-electron chi connectivity index (χ2n) is 12.8. The largest absolute Gasteiger partial charge is 0.494 e. The lowest BCUT2D eigenvalue weighted by atomic mass is 10.1. The first-order valence-corrected chi connectivity index (χ1v) is 19.1. The van der Waals surface area contributed by atoms with Crippen LogP contribution in [0.4, 0.5) is 0 Å².